The molecule has 0 radical (unpaired) electrons. The van der Waals surface area contributed by atoms with Crippen molar-refractivity contribution in [1.29, 1.82) is 0 Å². The third kappa shape index (κ3) is 7.68. The summed E-state index contributed by atoms with van der Waals surface area (Å²) >= 11 is 0. The minimum atomic E-state index is 0.813. The number of nitrogens with zero attached hydrogens (tertiary/aromatic N) is 6. The van der Waals surface area contributed by atoms with Gasteiger partial charge in [0.2, 0.25) is 0 Å². The Morgan fingerprint density at radius 1 is 0.297 bits per heavy atom. The summed E-state index contributed by atoms with van der Waals surface area (Å²) in [6, 6.07) is 75.3. The van der Waals surface area contributed by atoms with E-state index in [9.17, 15) is 0 Å². The third-order valence-electron chi connectivity index (χ3n) is 14.6. The molecule has 8 aromatic carbocycles. The summed E-state index contributed by atoms with van der Waals surface area (Å²) in [6.07, 6.45) is 16.6. The monoisotopic (exact) mass is 946 g/mol. The highest BCUT2D eigenvalue weighted by Gasteiger charge is 2.18. The fraction of sp³-hybridized carbons (Fsp3) is 0.0294. The second-order valence-corrected chi connectivity index (χ2v) is 19.0. The maximum absolute atomic E-state index is 4.76. The molecule has 0 amide bonds. The molecule has 0 N–H and O–H groups in total. The number of dihydropyridines is 1. The molecular weight excluding hydrogens is 901 g/mol. The van der Waals surface area contributed by atoms with Crippen LogP contribution in [0.15, 0.2) is 261 Å². The van der Waals surface area contributed by atoms with Gasteiger partial charge in [0, 0.05) is 98.9 Å². The number of fused-ring (bicyclic) bond motifs is 6. The molecule has 1 aliphatic heterocycles. The van der Waals surface area contributed by atoms with Gasteiger partial charge in [-0.3, -0.25) is 19.9 Å². The lowest BCUT2D eigenvalue weighted by molar-refractivity contribution is 0.993. The Labute approximate surface area is 428 Å². The minimum absolute atomic E-state index is 0.813. The first-order valence-electron chi connectivity index (χ1n) is 25.2. The van der Waals surface area contributed by atoms with Crippen LogP contribution in [0.5, 0.6) is 0 Å². The third-order valence-corrected chi connectivity index (χ3v) is 14.6. The van der Waals surface area contributed by atoms with Crippen molar-refractivity contribution in [2.75, 3.05) is 6.54 Å². The molecule has 5 aromatic heterocycles. The molecular formula is C68H46N6. The molecule has 0 bridgehead atoms. The van der Waals surface area contributed by atoms with Crippen molar-refractivity contribution < 1.29 is 0 Å². The number of hydrogen-bond acceptors (Lipinski definition) is 4. The van der Waals surface area contributed by atoms with Crippen molar-refractivity contribution in [3.63, 3.8) is 0 Å². The van der Waals surface area contributed by atoms with Crippen molar-refractivity contribution in [1.82, 2.24) is 24.1 Å². The smallest absolute Gasteiger partial charge is 0.0659 e. The standard InChI is InChI=1S/C68H46N6/c1-2-23-65-60(21-1)61-40-53(56-35-57(44-71-43-56)64-22-3-4-32-72-64)26-29-66(61)73(65)58-19-7-15-49(36-58)50-16-8-20-59(37-50)74-67-27-24-51(45-11-5-13-47(33-45)54-17-9-30-69-41-54)38-62(67)63-39-52(25-28-68(63)74)46-12-6-14-48(34-46)55-18-10-31-70-42-55/h1-3,5-31,33-44H,4,32H2. The summed E-state index contributed by atoms with van der Waals surface area (Å²) in [6.45, 7) is 0.813. The Morgan fingerprint density at radius 3 is 1.24 bits per heavy atom. The fourth-order valence-corrected chi connectivity index (χ4v) is 11.0. The minimum Gasteiger partial charge on any atom is -0.309 e. The SMILES string of the molecule is C1=CC(c2cncc(-c3ccc4c(c3)c3ccccc3n4-c3cccc(-c4cccc(-n5c6ccc(-c7cccc(-c8cccnc8)c7)cc6c6cc(-c7cccc(-c8cccnc8)c7)ccc65)c4)c3)c2)=NCC1. The Balaban J connectivity index is 0.874. The van der Waals surface area contributed by atoms with E-state index in [1.807, 2.05) is 49.3 Å². The molecule has 14 rings (SSSR count). The highest BCUT2D eigenvalue weighted by Crippen LogP contribution is 2.40. The van der Waals surface area contributed by atoms with E-state index in [0.29, 0.717) is 0 Å². The zero-order valence-corrected chi connectivity index (χ0v) is 40.3. The van der Waals surface area contributed by atoms with Crippen molar-refractivity contribution in [3.05, 3.63) is 261 Å². The number of aromatic nitrogens is 5. The highest BCUT2D eigenvalue weighted by molar-refractivity contribution is 6.13. The molecule has 0 atom stereocenters. The topological polar surface area (TPSA) is 60.9 Å². The van der Waals surface area contributed by atoms with E-state index in [1.165, 1.54) is 21.5 Å². The number of para-hydroxylation sites is 1. The average Bonchev–Trinajstić information content (AvgIpc) is 4.00. The van der Waals surface area contributed by atoms with Crippen LogP contribution in [0.2, 0.25) is 0 Å². The molecule has 0 aliphatic carbocycles. The number of pyridine rings is 3. The van der Waals surface area contributed by atoms with Crippen molar-refractivity contribution in [3.8, 4) is 78.1 Å². The van der Waals surface area contributed by atoms with Gasteiger partial charge in [0.15, 0.2) is 0 Å². The molecule has 13 aromatic rings. The first-order valence-corrected chi connectivity index (χ1v) is 25.2. The van der Waals surface area contributed by atoms with Crippen LogP contribution in [0, 0.1) is 0 Å². The van der Waals surface area contributed by atoms with Gasteiger partial charge < -0.3 is 9.13 Å². The van der Waals surface area contributed by atoms with Gasteiger partial charge in [0.05, 0.1) is 27.8 Å². The molecule has 1 aliphatic rings. The number of rotatable bonds is 9. The molecule has 0 unspecified atom stereocenters. The van der Waals surface area contributed by atoms with Crippen LogP contribution in [0.3, 0.4) is 0 Å². The van der Waals surface area contributed by atoms with Crippen LogP contribution in [0.1, 0.15) is 12.0 Å². The Bertz CT molecular complexity index is 4230. The molecule has 6 heterocycles. The Hall–Kier alpha value is -9.78. The van der Waals surface area contributed by atoms with E-state index in [1.54, 1.807) is 0 Å². The highest BCUT2D eigenvalue weighted by atomic mass is 15.0. The van der Waals surface area contributed by atoms with Gasteiger partial charge >= 0.3 is 0 Å². The normalized spacial score (nSPS) is 12.5. The zero-order valence-electron chi connectivity index (χ0n) is 40.3. The first-order chi connectivity index (χ1) is 36.7. The van der Waals surface area contributed by atoms with Gasteiger partial charge in [0.1, 0.15) is 0 Å². The summed E-state index contributed by atoms with van der Waals surface area (Å²) in [4.78, 5) is 18.2. The van der Waals surface area contributed by atoms with Crippen LogP contribution >= 0.6 is 0 Å². The average molecular weight is 947 g/mol. The van der Waals surface area contributed by atoms with Gasteiger partial charge in [-0.15, -0.1) is 0 Å². The Kier molecular flexibility index (Phi) is 10.5. The van der Waals surface area contributed by atoms with E-state index in [4.69, 9.17) is 4.99 Å². The maximum atomic E-state index is 4.76. The van der Waals surface area contributed by atoms with Gasteiger partial charge in [-0.05, 0) is 160 Å². The van der Waals surface area contributed by atoms with Gasteiger partial charge in [-0.1, -0.05) is 115 Å². The molecule has 6 nitrogen and oxygen atoms in total. The van der Waals surface area contributed by atoms with Crippen LogP contribution in [-0.2, 0) is 0 Å². The van der Waals surface area contributed by atoms with E-state index < -0.39 is 0 Å². The van der Waals surface area contributed by atoms with Crippen molar-refractivity contribution in [2.45, 2.75) is 6.42 Å². The molecule has 6 heteroatoms. The van der Waals surface area contributed by atoms with Crippen LogP contribution < -0.4 is 0 Å². The second kappa shape index (κ2) is 18.1. The number of allylic oxidation sites excluding steroid dienone is 1. The molecule has 0 spiro atoms. The largest absolute Gasteiger partial charge is 0.309 e. The summed E-state index contributed by atoms with van der Waals surface area (Å²) < 4.78 is 4.83. The predicted octanol–water partition coefficient (Wildman–Crippen LogP) is 16.8. The Morgan fingerprint density at radius 2 is 0.716 bits per heavy atom. The van der Waals surface area contributed by atoms with Crippen LogP contribution in [-0.4, -0.2) is 36.3 Å². The van der Waals surface area contributed by atoms with Gasteiger partial charge in [-0.2, -0.15) is 0 Å². The van der Waals surface area contributed by atoms with Crippen molar-refractivity contribution >= 4 is 49.3 Å². The molecule has 348 valence electrons. The molecule has 0 fully saturated rings. The van der Waals surface area contributed by atoms with E-state index >= 15 is 0 Å². The molecule has 0 saturated carbocycles. The number of benzene rings is 8. The van der Waals surface area contributed by atoms with E-state index in [0.717, 1.165) is 124 Å². The number of aliphatic imine (C=N–C) groups is 1. The van der Waals surface area contributed by atoms with Crippen LogP contribution in [0.4, 0.5) is 0 Å². The summed E-state index contributed by atoms with van der Waals surface area (Å²) in [5.74, 6) is 0. The van der Waals surface area contributed by atoms with Gasteiger partial charge in [0.25, 0.3) is 0 Å². The van der Waals surface area contributed by atoms with E-state index in [2.05, 4.69) is 230 Å². The summed E-state index contributed by atoms with van der Waals surface area (Å²) in [7, 11) is 0. The zero-order chi connectivity index (χ0) is 49.0. The summed E-state index contributed by atoms with van der Waals surface area (Å²) in [5.41, 5.74) is 22.4. The van der Waals surface area contributed by atoms with E-state index in [-0.39, 0.29) is 0 Å². The maximum Gasteiger partial charge on any atom is 0.0659 e. The second-order valence-electron chi connectivity index (χ2n) is 19.0. The summed E-state index contributed by atoms with van der Waals surface area (Å²) in [5, 5.41) is 4.79. The molecule has 74 heavy (non-hydrogen) atoms. The molecule has 0 saturated heterocycles. The first kappa shape index (κ1) is 43.0. The predicted molar refractivity (Wildman–Crippen MR) is 306 cm³/mol. The quantitative estimate of drug-likeness (QED) is 0.145. The fourth-order valence-electron chi connectivity index (χ4n) is 11.0. The lowest BCUT2D eigenvalue weighted by atomic mass is 9.97. The lowest BCUT2D eigenvalue weighted by Crippen LogP contribution is -2.03. The van der Waals surface area contributed by atoms with Crippen molar-refractivity contribution in [2.24, 2.45) is 4.99 Å². The number of hydrogen-bond donors (Lipinski definition) is 0. The van der Waals surface area contributed by atoms with Gasteiger partial charge in [-0.25, -0.2) is 0 Å². The lowest BCUT2D eigenvalue weighted by Gasteiger charge is -2.13. The van der Waals surface area contributed by atoms with Crippen LogP contribution in [0.25, 0.3) is 122 Å².